The van der Waals surface area contributed by atoms with Gasteiger partial charge in [-0.05, 0) is 34.5 Å². The third-order valence-corrected chi connectivity index (χ3v) is 3.71. The number of likely N-dealkylation sites (tertiary alicyclic amines) is 1. The van der Waals surface area contributed by atoms with E-state index in [0.717, 1.165) is 0 Å². The molecule has 1 aromatic carbocycles. The van der Waals surface area contributed by atoms with E-state index < -0.39 is 11.4 Å². The van der Waals surface area contributed by atoms with Gasteiger partial charge < -0.3 is 10.0 Å². The van der Waals surface area contributed by atoms with Gasteiger partial charge in [-0.25, -0.2) is 4.39 Å². The molecule has 17 heavy (non-hydrogen) atoms. The zero-order chi connectivity index (χ0) is 12.6. The average molecular weight is 302 g/mol. The molecule has 1 N–H and O–H groups in total. The Bertz CT molecular complexity index is 458. The maximum atomic E-state index is 13.7. The van der Waals surface area contributed by atoms with E-state index in [4.69, 9.17) is 0 Å². The number of carbonyl (C=O) groups is 1. The topological polar surface area (TPSA) is 40.5 Å². The van der Waals surface area contributed by atoms with Gasteiger partial charge in [0.05, 0.1) is 28.7 Å². The number of hydrogen-bond donors (Lipinski definition) is 1. The predicted molar refractivity (Wildman–Crippen MR) is 65.2 cm³/mol. The van der Waals surface area contributed by atoms with Gasteiger partial charge in [0.25, 0.3) is 5.91 Å². The fourth-order valence-electron chi connectivity index (χ4n) is 1.87. The fourth-order valence-corrected chi connectivity index (χ4v) is 2.24. The number of nitrogens with zero attached hydrogens (tertiary/aromatic N) is 1. The van der Waals surface area contributed by atoms with Crippen LogP contribution in [0.2, 0.25) is 0 Å². The molecule has 0 spiro atoms. The van der Waals surface area contributed by atoms with Gasteiger partial charge in [-0.15, -0.1) is 0 Å². The molecule has 1 aliphatic rings. The van der Waals surface area contributed by atoms with Gasteiger partial charge in [0.1, 0.15) is 5.82 Å². The zero-order valence-corrected chi connectivity index (χ0v) is 11.0. The summed E-state index contributed by atoms with van der Waals surface area (Å²) in [6.45, 7) is 2.41. The van der Waals surface area contributed by atoms with Crippen LogP contribution < -0.4 is 0 Å². The normalized spacial score (nSPS) is 17.8. The standard InChI is InChI=1S/C12H13BrFNO2/c1-2-12(17)6-15(7-12)11(16)8-4-3-5-9(13)10(8)14/h3-5,17H,2,6-7H2,1H3. The highest BCUT2D eigenvalue weighted by molar-refractivity contribution is 9.10. The molecule has 3 nitrogen and oxygen atoms in total. The second-order valence-corrected chi connectivity index (χ2v) is 5.19. The Morgan fingerprint density at radius 2 is 2.24 bits per heavy atom. The maximum absolute atomic E-state index is 13.7. The highest BCUT2D eigenvalue weighted by Gasteiger charge is 2.42. The van der Waals surface area contributed by atoms with E-state index in [-0.39, 0.29) is 29.0 Å². The summed E-state index contributed by atoms with van der Waals surface area (Å²) < 4.78 is 14.0. The lowest BCUT2D eigenvalue weighted by molar-refractivity contribution is -0.0827. The van der Waals surface area contributed by atoms with Gasteiger partial charge in [-0.2, -0.15) is 0 Å². The summed E-state index contributed by atoms with van der Waals surface area (Å²) in [6, 6.07) is 4.61. The first-order valence-corrected chi connectivity index (χ1v) is 6.22. The summed E-state index contributed by atoms with van der Waals surface area (Å²) in [5.41, 5.74) is -0.754. The quantitative estimate of drug-likeness (QED) is 0.910. The van der Waals surface area contributed by atoms with Crippen molar-refractivity contribution in [2.24, 2.45) is 0 Å². The van der Waals surface area contributed by atoms with Gasteiger partial charge in [0.15, 0.2) is 0 Å². The monoisotopic (exact) mass is 301 g/mol. The SMILES string of the molecule is CCC1(O)CN(C(=O)c2cccc(Br)c2F)C1. The summed E-state index contributed by atoms with van der Waals surface area (Å²) in [5, 5.41) is 9.81. The first-order chi connectivity index (χ1) is 7.97. The predicted octanol–water partition coefficient (Wildman–Crippen LogP) is 2.19. The van der Waals surface area contributed by atoms with Crippen molar-refractivity contribution in [3.05, 3.63) is 34.1 Å². The van der Waals surface area contributed by atoms with Crippen LogP contribution >= 0.6 is 15.9 Å². The first-order valence-electron chi connectivity index (χ1n) is 5.42. The molecule has 0 atom stereocenters. The number of aliphatic hydroxyl groups is 1. The van der Waals surface area contributed by atoms with Crippen LogP contribution in [0.5, 0.6) is 0 Å². The molecular formula is C12H13BrFNO2. The van der Waals surface area contributed by atoms with Crippen molar-refractivity contribution in [3.63, 3.8) is 0 Å². The maximum Gasteiger partial charge on any atom is 0.257 e. The van der Waals surface area contributed by atoms with Crippen molar-refractivity contribution in [3.8, 4) is 0 Å². The summed E-state index contributed by atoms with van der Waals surface area (Å²) in [7, 11) is 0. The minimum Gasteiger partial charge on any atom is -0.386 e. The fraction of sp³-hybridized carbons (Fsp3) is 0.417. The van der Waals surface area contributed by atoms with Crippen molar-refractivity contribution in [2.45, 2.75) is 18.9 Å². The molecule has 1 heterocycles. The third kappa shape index (κ3) is 2.21. The van der Waals surface area contributed by atoms with Crippen LogP contribution in [0.3, 0.4) is 0 Å². The molecule has 5 heteroatoms. The summed E-state index contributed by atoms with van der Waals surface area (Å²) in [4.78, 5) is 13.4. The average Bonchev–Trinajstić information content (AvgIpc) is 2.28. The highest BCUT2D eigenvalue weighted by Crippen LogP contribution is 2.27. The second-order valence-electron chi connectivity index (χ2n) is 4.34. The minimum atomic E-state index is -0.794. The number of hydrogen-bond acceptors (Lipinski definition) is 2. The lowest BCUT2D eigenvalue weighted by atomic mass is 9.90. The molecule has 2 rings (SSSR count). The summed E-state index contributed by atoms with van der Waals surface area (Å²) in [6.07, 6.45) is 0.595. The number of benzene rings is 1. The van der Waals surface area contributed by atoms with Crippen molar-refractivity contribution in [1.82, 2.24) is 4.90 Å². The number of carbonyl (C=O) groups excluding carboxylic acids is 1. The Balaban J connectivity index is 2.15. The summed E-state index contributed by atoms with van der Waals surface area (Å²) in [5.74, 6) is -0.925. The van der Waals surface area contributed by atoms with Crippen molar-refractivity contribution >= 4 is 21.8 Å². The Kier molecular flexibility index (Phi) is 3.23. The van der Waals surface area contributed by atoms with Crippen molar-refractivity contribution in [1.29, 1.82) is 0 Å². The molecule has 0 unspecified atom stereocenters. The highest BCUT2D eigenvalue weighted by atomic mass is 79.9. The van der Waals surface area contributed by atoms with Crippen LogP contribution in [0.4, 0.5) is 4.39 Å². The molecule has 1 fully saturated rings. The molecule has 0 bridgehead atoms. The van der Waals surface area contributed by atoms with Gasteiger partial charge in [-0.1, -0.05) is 13.0 Å². The largest absolute Gasteiger partial charge is 0.386 e. The van der Waals surface area contributed by atoms with Crippen LogP contribution in [-0.2, 0) is 0 Å². The van der Waals surface area contributed by atoms with Crippen LogP contribution in [0.15, 0.2) is 22.7 Å². The zero-order valence-electron chi connectivity index (χ0n) is 9.41. The minimum absolute atomic E-state index is 0.0394. The van der Waals surface area contributed by atoms with Crippen LogP contribution in [0.1, 0.15) is 23.7 Å². The number of amides is 1. The van der Waals surface area contributed by atoms with E-state index in [1.54, 1.807) is 12.1 Å². The van der Waals surface area contributed by atoms with Crippen molar-refractivity contribution in [2.75, 3.05) is 13.1 Å². The molecule has 0 radical (unpaired) electrons. The molecule has 0 saturated carbocycles. The Morgan fingerprint density at radius 3 is 2.82 bits per heavy atom. The van der Waals surface area contributed by atoms with Crippen LogP contribution in [0.25, 0.3) is 0 Å². The summed E-state index contributed by atoms with van der Waals surface area (Å²) >= 11 is 3.04. The molecule has 92 valence electrons. The van der Waals surface area contributed by atoms with E-state index in [9.17, 15) is 14.3 Å². The van der Waals surface area contributed by atoms with E-state index in [0.29, 0.717) is 6.42 Å². The van der Waals surface area contributed by atoms with Gasteiger partial charge in [-0.3, -0.25) is 4.79 Å². The molecule has 1 aliphatic heterocycles. The van der Waals surface area contributed by atoms with E-state index in [1.807, 2.05) is 6.92 Å². The molecule has 0 aliphatic carbocycles. The van der Waals surface area contributed by atoms with E-state index >= 15 is 0 Å². The van der Waals surface area contributed by atoms with Gasteiger partial charge in [0.2, 0.25) is 0 Å². The smallest absolute Gasteiger partial charge is 0.257 e. The third-order valence-electron chi connectivity index (χ3n) is 3.10. The molecule has 1 amide bonds. The Morgan fingerprint density at radius 1 is 1.59 bits per heavy atom. The molecule has 0 aromatic heterocycles. The number of rotatable bonds is 2. The Hall–Kier alpha value is -0.940. The van der Waals surface area contributed by atoms with E-state index in [2.05, 4.69) is 15.9 Å². The van der Waals surface area contributed by atoms with Gasteiger partial charge in [0, 0.05) is 0 Å². The lowest BCUT2D eigenvalue weighted by Gasteiger charge is -2.46. The molecule has 1 aromatic rings. The van der Waals surface area contributed by atoms with Crippen molar-refractivity contribution < 1.29 is 14.3 Å². The lowest BCUT2D eigenvalue weighted by Crippen LogP contribution is -2.63. The van der Waals surface area contributed by atoms with Crippen LogP contribution in [0, 0.1) is 5.82 Å². The van der Waals surface area contributed by atoms with E-state index in [1.165, 1.54) is 11.0 Å². The van der Waals surface area contributed by atoms with Gasteiger partial charge >= 0.3 is 0 Å². The second kappa shape index (κ2) is 4.38. The molecule has 1 saturated heterocycles. The Labute approximate surface area is 107 Å². The first kappa shape index (κ1) is 12.5. The molecular weight excluding hydrogens is 289 g/mol. The van der Waals surface area contributed by atoms with Crippen LogP contribution in [-0.4, -0.2) is 34.6 Å². The number of β-amino-alcohol motifs (C(OH)–C–C–N with tert-alkyl or cyclic N) is 1. The number of halogens is 2.